The lowest BCUT2D eigenvalue weighted by Gasteiger charge is -2.36. The standard InChI is InChI=1S/C14H20N2O3S/c1-10-7-16(8-12(9-17)19-10)14(18)15-11-4-3-5-13(6-11)20-2/h3-6,10,12,17H,7-9H2,1-2H3,(H,15,18)/t10-,12-/m0/s1. The average molecular weight is 296 g/mol. The molecule has 1 fully saturated rings. The monoisotopic (exact) mass is 296 g/mol. The molecular weight excluding hydrogens is 276 g/mol. The number of thioether (sulfide) groups is 1. The number of carbonyl (C=O) groups is 1. The first kappa shape index (κ1) is 15.2. The van der Waals surface area contributed by atoms with Gasteiger partial charge in [0.25, 0.3) is 0 Å². The fourth-order valence-corrected chi connectivity index (χ4v) is 2.67. The average Bonchev–Trinajstić information content (AvgIpc) is 2.46. The summed E-state index contributed by atoms with van der Waals surface area (Å²) in [6, 6.07) is 7.57. The van der Waals surface area contributed by atoms with Crippen LogP contribution in [0.4, 0.5) is 10.5 Å². The number of ether oxygens (including phenoxy) is 1. The minimum absolute atomic E-state index is 0.0656. The van der Waals surface area contributed by atoms with Crippen molar-refractivity contribution in [3.63, 3.8) is 0 Å². The smallest absolute Gasteiger partial charge is 0.322 e. The van der Waals surface area contributed by atoms with Crippen LogP contribution in [0, 0.1) is 0 Å². The van der Waals surface area contributed by atoms with Crippen LogP contribution < -0.4 is 5.32 Å². The molecule has 0 aliphatic carbocycles. The van der Waals surface area contributed by atoms with E-state index >= 15 is 0 Å². The second kappa shape index (κ2) is 6.97. The zero-order chi connectivity index (χ0) is 14.5. The predicted octanol–water partition coefficient (Wildman–Crippen LogP) is 2.02. The van der Waals surface area contributed by atoms with Gasteiger partial charge in [-0.3, -0.25) is 0 Å². The lowest BCUT2D eigenvalue weighted by atomic mass is 10.2. The molecular formula is C14H20N2O3S. The van der Waals surface area contributed by atoms with Crippen molar-refractivity contribution < 1.29 is 14.6 Å². The van der Waals surface area contributed by atoms with Crippen LogP contribution in [0.3, 0.4) is 0 Å². The van der Waals surface area contributed by atoms with Crippen molar-refractivity contribution in [2.75, 3.05) is 31.3 Å². The molecule has 1 aromatic rings. The Kier molecular flexibility index (Phi) is 5.28. The van der Waals surface area contributed by atoms with E-state index in [0.717, 1.165) is 10.6 Å². The molecule has 2 rings (SSSR count). The van der Waals surface area contributed by atoms with Crippen LogP contribution in [0.5, 0.6) is 0 Å². The topological polar surface area (TPSA) is 61.8 Å². The zero-order valence-corrected chi connectivity index (χ0v) is 12.5. The Labute approximate surface area is 123 Å². The maximum Gasteiger partial charge on any atom is 0.322 e. The van der Waals surface area contributed by atoms with Crippen molar-refractivity contribution in [2.24, 2.45) is 0 Å². The van der Waals surface area contributed by atoms with Gasteiger partial charge >= 0.3 is 6.03 Å². The fraction of sp³-hybridized carbons (Fsp3) is 0.500. The van der Waals surface area contributed by atoms with Crippen molar-refractivity contribution in [1.29, 1.82) is 0 Å². The Balaban J connectivity index is 2.00. The fourth-order valence-electron chi connectivity index (χ4n) is 2.22. The summed E-state index contributed by atoms with van der Waals surface area (Å²) in [6.07, 6.45) is 1.63. The first-order valence-electron chi connectivity index (χ1n) is 6.58. The molecule has 1 aromatic carbocycles. The zero-order valence-electron chi connectivity index (χ0n) is 11.7. The molecule has 110 valence electrons. The van der Waals surface area contributed by atoms with Crippen molar-refractivity contribution in [3.05, 3.63) is 24.3 Å². The number of rotatable bonds is 3. The molecule has 20 heavy (non-hydrogen) atoms. The van der Waals surface area contributed by atoms with Gasteiger partial charge in [0.1, 0.15) is 0 Å². The number of hydrogen-bond acceptors (Lipinski definition) is 4. The number of nitrogens with zero attached hydrogens (tertiary/aromatic N) is 1. The van der Waals surface area contributed by atoms with Gasteiger partial charge in [0.15, 0.2) is 0 Å². The summed E-state index contributed by atoms with van der Waals surface area (Å²) < 4.78 is 5.53. The second-order valence-electron chi connectivity index (χ2n) is 4.82. The Bertz CT molecular complexity index is 469. The summed E-state index contributed by atoms with van der Waals surface area (Å²) in [6.45, 7) is 2.77. The van der Waals surface area contributed by atoms with E-state index in [-0.39, 0.29) is 24.8 Å². The highest BCUT2D eigenvalue weighted by Gasteiger charge is 2.27. The van der Waals surface area contributed by atoms with Gasteiger partial charge in [-0.15, -0.1) is 11.8 Å². The number of amides is 2. The highest BCUT2D eigenvalue weighted by Crippen LogP contribution is 2.20. The number of morpholine rings is 1. The van der Waals surface area contributed by atoms with E-state index in [1.54, 1.807) is 16.7 Å². The number of anilines is 1. The van der Waals surface area contributed by atoms with Crippen molar-refractivity contribution in [1.82, 2.24) is 4.90 Å². The third-order valence-electron chi connectivity index (χ3n) is 3.14. The summed E-state index contributed by atoms with van der Waals surface area (Å²) >= 11 is 1.63. The van der Waals surface area contributed by atoms with Crippen molar-refractivity contribution in [2.45, 2.75) is 24.0 Å². The molecule has 2 amide bonds. The normalized spacial score (nSPS) is 22.6. The molecule has 0 unspecified atom stereocenters. The van der Waals surface area contributed by atoms with E-state index in [1.165, 1.54) is 0 Å². The van der Waals surface area contributed by atoms with Crippen LogP contribution in [-0.4, -0.2) is 54.2 Å². The van der Waals surface area contributed by atoms with Gasteiger partial charge in [-0.25, -0.2) is 4.79 Å². The number of urea groups is 1. The van der Waals surface area contributed by atoms with E-state index in [0.29, 0.717) is 13.1 Å². The molecule has 1 aliphatic rings. The number of aliphatic hydroxyl groups is 1. The maximum absolute atomic E-state index is 12.2. The molecule has 0 bridgehead atoms. The van der Waals surface area contributed by atoms with Gasteiger partial charge < -0.3 is 20.1 Å². The molecule has 1 heterocycles. The second-order valence-corrected chi connectivity index (χ2v) is 5.70. The number of benzene rings is 1. The van der Waals surface area contributed by atoms with Crippen molar-refractivity contribution in [3.8, 4) is 0 Å². The van der Waals surface area contributed by atoms with Gasteiger partial charge in [0.2, 0.25) is 0 Å². The number of carbonyl (C=O) groups excluding carboxylic acids is 1. The Morgan fingerprint density at radius 3 is 3.05 bits per heavy atom. The van der Waals surface area contributed by atoms with E-state index in [4.69, 9.17) is 4.74 Å². The molecule has 2 N–H and O–H groups in total. The summed E-state index contributed by atoms with van der Waals surface area (Å²) in [7, 11) is 0. The van der Waals surface area contributed by atoms with Crippen LogP contribution in [0.25, 0.3) is 0 Å². The number of aliphatic hydroxyl groups excluding tert-OH is 1. The van der Waals surface area contributed by atoms with Crippen LogP contribution in [0.1, 0.15) is 6.92 Å². The molecule has 0 radical (unpaired) electrons. The number of nitrogens with one attached hydrogen (secondary N) is 1. The van der Waals surface area contributed by atoms with Crippen LogP contribution >= 0.6 is 11.8 Å². The van der Waals surface area contributed by atoms with Gasteiger partial charge in [-0.05, 0) is 31.4 Å². The Hall–Kier alpha value is -1.24. The maximum atomic E-state index is 12.2. The lowest BCUT2D eigenvalue weighted by Crippen LogP contribution is -2.51. The summed E-state index contributed by atoms with van der Waals surface area (Å²) in [5.74, 6) is 0. The molecule has 0 spiro atoms. The minimum Gasteiger partial charge on any atom is -0.394 e. The number of hydrogen-bond donors (Lipinski definition) is 2. The molecule has 1 aliphatic heterocycles. The van der Waals surface area contributed by atoms with E-state index in [2.05, 4.69) is 5.32 Å². The summed E-state index contributed by atoms with van der Waals surface area (Å²) in [4.78, 5) is 15.0. The first-order chi connectivity index (χ1) is 9.62. The highest BCUT2D eigenvalue weighted by molar-refractivity contribution is 7.98. The van der Waals surface area contributed by atoms with Crippen molar-refractivity contribution >= 4 is 23.5 Å². The predicted molar refractivity (Wildman–Crippen MR) is 80.2 cm³/mol. The SMILES string of the molecule is CSc1cccc(NC(=O)N2C[C@@H](CO)O[C@@H](C)C2)c1. The summed E-state index contributed by atoms with van der Waals surface area (Å²) in [5, 5.41) is 12.1. The minimum atomic E-state index is -0.304. The highest BCUT2D eigenvalue weighted by atomic mass is 32.2. The van der Waals surface area contributed by atoms with Gasteiger partial charge in [-0.1, -0.05) is 6.07 Å². The van der Waals surface area contributed by atoms with Gasteiger partial charge in [0, 0.05) is 17.1 Å². The molecule has 0 saturated carbocycles. The quantitative estimate of drug-likeness (QED) is 0.838. The van der Waals surface area contributed by atoms with Crippen LogP contribution in [0.15, 0.2) is 29.2 Å². The molecule has 1 saturated heterocycles. The third-order valence-corrected chi connectivity index (χ3v) is 3.86. The summed E-state index contributed by atoms with van der Waals surface area (Å²) in [5.41, 5.74) is 0.779. The van der Waals surface area contributed by atoms with E-state index < -0.39 is 0 Å². The van der Waals surface area contributed by atoms with E-state index in [1.807, 2.05) is 37.4 Å². The Morgan fingerprint density at radius 1 is 1.55 bits per heavy atom. The van der Waals surface area contributed by atoms with Gasteiger partial charge in [-0.2, -0.15) is 0 Å². The lowest BCUT2D eigenvalue weighted by molar-refractivity contribution is -0.0822. The first-order valence-corrected chi connectivity index (χ1v) is 7.81. The molecule has 6 heteroatoms. The van der Waals surface area contributed by atoms with E-state index in [9.17, 15) is 9.90 Å². The molecule has 0 aromatic heterocycles. The largest absolute Gasteiger partial charge is 0.394 e. The van der Waals surface area contributed by atoms with Crippen LogP contribution in [-0.2, 0) is 4.74 Å². The Morgan fingerprint density at radius 2 is 2.35 bits per heavy atom. The van der Waals surface area contributed by atoms with Crippen LogP contribution in [0.2, 0.25) is 0 Å². The molecule has 5 nitrogen and oxygen atoms in total. The third kappa shape index (κ3) is 3.88. The van der Waals surface area contributed by atoms with Gasteiger partial charge in [0.05, 0.1) is 25.4 Å². The molecule has 2 atom stereocenters.